The maximum absolute atomic E-state index is 13.4. The topological polar surface area (TPSA) is 152 Å². The lowest BCUT2D eigenvalue weighted by Crippen LogP contribution is -2.57. The number of ether oxygens (including phenoxy) is 3. The number of amides is 2. The third kappa shape index (κ3) is 4.23. The molecule has 0 aromatic carbocycles. The van der Waals surface area contributed by atoms with Gasteiger partial charge in [-0.05, 0) is 32.7 Å². The molecule has 2 saturated heterocycles. The number of aromatic carboxylic acids is 1. The number of anilines is 3. The number of aliphatic imine (C=N–C) groups is 1. The van der Waals surface area contributed by atoms with Crippen molar-refractivity contribution in [3.8, 4) is 5.88 Å². The highest BCUT2D eigenvalue weighted by molar-refractivity contribution is 6.05. The molecule has 35 heavy (non-hydrogen) atoms. The van der Waals surface area contributed by atoms with Crippen molar-refractivity contribution in [3.63, 3.8) is 0 Å². The number of carboxylic acids is 1. The number of nitrogens with zero attached hydrogens (tertiary/aromatic N) is 6. The zero-order chi connectivity index (χ0) is 24.8. The van der Waals surface area contributed by atoms with E-state index in [4.69, 9.17) is 14.2 Å². The minimum Gasteiger partial charge on any atom is -0.477 e. The van der Waals surface area contributed by atoms with Crippen molar-refractivity contribution in [2.45, 2.75) is 37.8 Å². The molecule has 2 bridgehead atoms. The standard InChI is InChI=1S/C22H25N7O6/c1-21(2)34-11-13(35-21)10-33-17-9-24-16(8-25-17)27-20(32)29-18-15(5-4-14(26-18)19(30)31)28-7-6-22(29,12-28)23-3/h4-5,8-9,13H,3,6-7,10-12H2,1-2H3,(H,30,31)(H,24,27,32)/t13-,22?/m0/s1. The lowest BCUT2D eigenvalue weighted by molar-refractivity contribution is -0.141. The Morgan fingerprint density at radius 1 is 1.34 bits per heavy atom. The molecule has 0 radical (unpaired) electrons. The number of hydrogen-bond donors (Lipinski definition) is 2. The summed E-state index contributed by atoms with van der Waals surface area (Å²) >= 11 is 0. The lowest BCUT2D eigenvalue weighted by atomic mass is 10.1. The molecular formula is C22H25N7O6. The van der Waals surface area contributed by atoms with Crippen molar-refractivity contribution in [1.29, 1.82) is 0 Å². The molecule has 0 aliphatic carbocycles. The third-order valence-electron chi connectivity index (χ3n) is 6.11. The Morgan fingerprint density at radius 2 is 2.17 bits per heavy atom. The molecule has 5 heterocycles. The fourth-order valence-corrected chi connectivity index (χ4v) is 4.46. The minimum absolute atomic E-state index is 0.176. The van der Waals surface area contributed by atoms with Gasteiger partial charge < -0.3 is 24.2 Å². The van der Waals surface area contributed by atoms with Crippen LogP contribution in [0.5, 0.6) is 5.88 Å². The van der Waals surface area contributed by atoms with Crippen LogP contribution in [0.15, 0.2) is 29.5 Å². The Hall–Kier alpha value is -3.84. The summed E-state index contributed by atoms with van der Waals surface area (Å²) in [5, 5.41) is 12.1. The highest BCUT2D eigenvalue weighted by Gasteiger charge is 2.52. The molecule has 5 rings (SSSR count). The van der Waals surface area contributed by atoms with Gasteiger partial charge in [0.15, 0.2) is 28.8 Å². The Bertz CT molecular complexity index is 1170. The van der Waals surface area contributed by atoms with E-state index in [-0.39, 0.29) is 35.9 Å². The van der Waals surface area contributed by atoms with Crippen LogP contribution in [-0.4, -0.2) is 82.6 Å². The third-order valence-corrected chi connectivity index (χ3v) is 6.11. The molecule has 1 unspecified atom stereocenters. The fourth-order valence-electron chi connectivity index (χ4n) is 4.46. The van der Waals surface area contributed by atoms with E-state index >= 15 is 0 Å². The molecule has 2 amide bonds. The molecule has 2 fully saturated rings. The predicted molar refractivity (Wildman–Crippen MR) is 124 cm³/mol. The van der Waals surface area contributed by atoms with E-state index in [9.17, 15) is 14.7 Å². The van der Waals surface area contributed by atoms with Crippen LogP contribution >= 0.6 is 0 Å². The van der Waals surface area contributed by atoms with Crippen molar-refractivity contribution in [2.75, 3.05) is 41.4 Å². The van der Waals surface area contributed by atoms with Crippen LogP contribution in [0.1, 0.15) is 30.8 Å². The van der Waals surface area contributed by atoms with Gasteiger partial charge in [-0.15, -0.1) is 0 Å². The molecule has 3 aliphatic rings. The first-order valence-electron chi connectivity index (χ1n) is 11.0. The van der Waals surface area contributed by atoms with E-state index < -0.39 is 23.5 Å². The number of hydrogen-bond acceptors (Lipinski definition) is 10. The van der Waals surface area contributed by atoms with Crippen LogP contribution in [0.2, 0.25) is 0 Å². The summed E-state index contributed by atoms with van der Waals surface area (Å²) in [5.41, 5.74) is -0.503. The van der Waals surface area contributed by atoms with Gasteiger partial charge in [0, 0.05) is 13.0 Å². The normalized spacial score (nSPS) is 24.1. The quantitative estimate of drug-likeness (QED) is 0.581. The van der Waals surface area contributed by atoms with E-state index in [0.717, 1.165) is 0 Å². The van der Waals surface area contributed by atoms with Gasteiger partial charge >= 0.3 is 12.0 Å². The van der Waals surface area contributed by atoms with Gasteiger partial charge in [0.05, 0.1) is 31.2 Å². The Morgan fingerprint density at radius 3 is 2.83 bits per heavy atom. The van der Waals surface area contributed by atoms with Gasteiger partial charge in [-0.3, -0.25) is 10.3 Å². The number of pyridine rings is 1. The molecule has 2 atom stereocenters. The van der Waals surface area contributed by atoms with Gasteiger partial charge in [0.2, 0.25) is 5.88 Å². The van der Waals surface area contributed by atoms with Gasteiger partial charge in [-0.2, -0.15) is 0 Å². The number of carbonyl (C=O) groups is 2. The largest absolute Gasteiger partial charge is 0.477 e. The second-order valence-electron chi connectivity index (χ2n) is 8.92. The maximum Gasteiger partial charge on any atom is 0.354 e. The first kappa shape index (κ1) is 22.9. The Balaban J connectivity index is 1.32. The van der Waals surface area contributed by atoms with E-state index in [1.54, 1.807) is 6.07 Å². The number of fused-ring (bicyclic) bond motifs is 4. The summed E-state index contributed by atoms with van der Waals surface area (Å²) in [7, 11) is 0. The van der Waals surface area contributed by atoms with Crippen LogP contribution in [0.4, 0.5) is 22.1 Å². The number of nitrogens with one attached hydrogen (secondary N) is 1. The predicted octanol–water partition coefficient (Wildman–Crippen LogP) is 1.76. The number of aromatic nitrogens is 3. The molecule has 13 heteroatoms. The smallest absolute Gasteiger partial charge is 0.354 e. The fraction of sp³-hybridized carbons (Fsp3) is 0.455. The molecule has 0 spiro atoms. The number of carboxylic acid groups (broad SMARTS) is 1. The molecular weight excluding hydrogens is 458 g/mol. The summed E-state index contributed by atoms with van der Waals surface area (Å²) in [5.74, 6) is -1.19. The summed E-state index contributed by atoms with van der Waals surface area (Å²) < 4.78 is 16.8. The Kier molecular flexibility index (Phi) is 5.52. The van der Waals surface area contributed by atoms with E-state index in [1.165, 1.54) is 23.4 Å². The first-order chi connectivity index (χ1) is 16.7. The van der Waals surface area contributed by atoms with E-state index in [1.807, 2.05) is 18.7 Å². The van der Waals surface area contributed by atoms with Gasteiger partial charge in [0.25, 0.3) is 0 Å². The van der Waals surface area contributed by atoms with Crippen molar-refractivity contribution in [2.24, 2.45) is 4.99 Å². The SMILES string of the molecule is C=NC12CCN(C1)c1ccc(C(=O)O)nc1N2C(=O)Nc1cnc(OC[C@H]2COC(C)(C)O2)cn1. The second kappa shape index (κ2) is 8.43. The summed E-state index contributed by atoms with van der Waals surface area (Å²) in [6.45, 7) is 9.07. The van der Waals surface area contributed by atoms with Crippen LogP contribution < -0.4 is 19.9 Å². The monoisotopic (exact) mass is 483 g/mol. The lowest BCUT2D eigenvalue weighted by Gasteiger charge is -2.41. The van der Waals surface area contributed by atoms with Crippen LogP contribution in [0, 0.1) is 0 Å². The van der Waals surface area contributed by atoms with Gasteiger partial charge in [0.1, 0.15) is 12.7 Å². The summed E-state index contributed by atoms with van der Waals surface area (Å²) in [6, 6.07) is 2.49. The van der Waals surface area contributed by atoms with Crippen LogP contribution in [0.3, 0.4) is 0 Å². The number of carbonyl (C=O) groups excluding carboxylic acids is 1. The van der Waals surface area contributed by atoms with E-state index in [0.29, 0.717) is 31.8 Å². The van der Waals surface area contributed by atoms with Crippen molar-refractivity contribution < 1.29 is 28.9 Å². The zero-order valence-electron chi connectivity index (χ0n) is 19.3. The van der Waals surface area contributed by atoms with E-state index in [2.05, 4.69) is 32.0 Å². The average molecular weight is 483 g/mol. The molecule has 2 aromatic rings. The second-order valence-corrected chi connectivity index (χ2v) is 8.92. The van der Waals surface area contributed by atoms with Crippen molar-refractivity contribution in [3.05, 3.63) is 30.2 Å². The average Bonchev–Trinajstić information content (AvgIpc) is 3.39. The molecule has 3 aliphatic heterocycles. The molecule has 0 saturated carbocycles. The minimum atomic E-state index is -1.19. The molecule has 2 N–H and O–H groups in total. The van der Waals surface area contributed by atoms with Gasteiger partial charge in [-0.25, -0.2) is 29.4 Å². The van der Waals surface area contributed by atoms with Crippen LogP contribution in [0.25, 0.3) is 0 Å². The number of rotatable bonds is 6. The van der Waals surface area contributed by atoms with Crippen LogP contribution in [-0.2, 0) is 9.47 Å². The summed E-state index contributed by atoms with van der Waals surface area (Å²) in [6.07, 6.45) is 3.05. The zero-order valence-corrected chi connectivity index (χ0v) is 19.3. The van der Waals surface area contributed by atoms with Crippen molar-refractivity contribution >= 4 is 36.0 Å². The number of urea groups is 1. The highest BCUT2D eigenvalue weighted by atomic mass is 16.7. The maximum atomic E-state index is 13.4. The first-order valence-corrected chi connectivity index (χ1v) is 11.0. The highest BCUT2D eigenvalue weighted by Crippen LogP contribution is 2.45. The molecule has 2 aromatic heterocycles. The molecule has 184 valence electrons. The van der Waals surface area contributed by atoms with Gasteiger partial charge in [-0.1, -0.05) is 0 Å². The Labute approximate surface area is 200 Å². The summed E-state index contributed by atoms with van der Waals surface area (Å²) in [4.78, 5) is 45.2. The molecule has 13 nitrogen and oxygen atoms in total. The van der Waals surface area contributed by atoms with Crippen molar-refractivity contribution in [1.82, 2.24) is 15.0 Å².